The van der Waals surface area contributed by atoms with E-state index in [9.17, 15) is 4.79 Å². The van der Waals surface area contributed by atoms with Gasteiger partial charge in [-0.2, -0.15) is 0 Å². The minimum Gasteiger partial charge on any atom is -0.497 e. The Kier molecular flexibility index (Phi) is 4.42. The molecule has 1 aromatic heterocycles. The highest BCUT2D eigenvalue weighted by Crippen LogP contribution is 2.25. The summed E-state index contributed by atoms with van der Waals surface area (Å²) in [6.45, 7) is 1.85. The predicted octanol–water partition coefficient (Wildman–Crippen LogP) is 1.32. The van der Waals surface area contributed by atoms with Gasteiger partial charge in [-0.1, -0.05) is 0 Å². The number of nitrogens with one attached hydrogen (secondary N) is 1. The molecule has 112 valence electrons. The second-order valence-electron chi connectivity index (χ2n) is 4.56. The topological polar surface area (TPSA) is 78.3 Å². The van der Waals surface area contributed by atoms with Crippen LogP contribution in [0, 0.1) is 0 Å². The molecule has 7 heteroatoms. The van der Waals surface area contributed by atoms with Crippen molar-refractivity contribution in [3.05, 3.63) is 35.9 Å². The molecule has 1 unspecified atom stereocenters. The summed E-state index contributed by atoms with van der Waals surface area (Å²) in [5, 5.41) is 10.6. The number of nitrogens with zero attached hydrogens (tertiary/aromatic N) is 3. The highest BCUT2D eigenvalue weighted by molar-refractivity contribution is 5.97. The molecule has 2 rings (SSSR count). The third kappa shape index (κ3) is 3.13. The van der Waals surface area contributed by atoms with E-state index in [1.54, 1.807) is 36.2 Å². The van der Waals surface area contributed by atoms with Gasteiger partial charge in [-0.3, -0.25) is 4.79 Å². The van der Waals surface area contributed by atoms with Gasteiger partial charge in [0.15, 0.2) is 5.82 Å². The maximum absolute atomic E-state index is 12.4. The number of aromatic nitrogens is 3. The Balaban J connectivity index is 2.19. The molecule has 1 heterocycles. The number of rotatable bonds is 5. The molecule has 21 heavy (non-hydrogen) atoms. The number of hydrogen-bond donors (Lipinski definition) is 1. The summed E-state index contributed by atoms with van der Waals surface area (Å²) in [7, 11) is 4.90. The first-order valence-electron chi connectivity index (χ1n) is 6.43. The van der Waals surface area contributed by atoms with E-state index < -0.39 is 0 Å². The lowest BCUT2D eigenvalue weighted by Crippen LogP contribution is -2.28. The first-order valence-corrected chi connectivity index (χ1v) is 6.43. The fourth-order valence-electron chi connectivity index (χ4n) is 2.01. The van der Waals surface area contributed by atoms with Crippen molar-refractivity contribution in [2.24, 2.45) is 7.05 Å². The van der Waals surface area contributed by atoms with Crippen LogP contribution >= 0.6 is 0 Å². The average Bonchev–Trinajstić information content (AvgIpc) is 2.92. The van der Waals surface area contributed by atoms with Gasteiger partial charge in [-0.25, -0.2) is 0 Å². The van der Waals surface area contributed by atoms with Gasteiger partial charge in [0.1, 0.15) is 17.8 Å². The zero-order chi connectivity index (χ0) is 15.4. The summed E-state index contributed by atoms with van der Waals surface area (Å²) in [4.78, 5) is 12.4. The summed E-state index contributed by atoms with van der Waals surface area (Å²) >= 11 is 0. The van der Waals surface area contributed by atoms with Crippen molar-refractivity contribution in [2.45, 2.75) is 13.0 Å². The third-order valence-corrected chi connectivity index (χ3v) is 3.13. The number of carbonyl (C=O) groups excluding carboxylic acids is 1. The summed E-state index contributed by atoms with van der Waals surface area (Å²) in [6, 6.07) is 4.78. The molecule has 0 saturated heterocycles. The van der Waals surface area contributed by atoms with Gasteiger partial charge in [0.05, 0.1) is 25.8 Å². The lowest BCUT2D eigenvalue weighted by molar-refractivity contribution is 0.0934. The lowest BCUT2D eigenvalue weighted by atomic mass is 10.1. The Hall–Kier alpha value is -2.57. The molecular weight excluding hydrogens is 272 g/mol. The molecule has 0 fully saturated rings. The van der Waals surface area contributed by atoms with Crippen LogP contribution in [-0.2, 0) is 7.05 Å². The monoisotopic (exact) mass is 290 g/mol. The molecule has 7 nitrogen and oxygen atoms in total. The summed E-state index contributed by atoms with van der Waals surface area (Å²) in [5.41, 5.74) is 0.437. The quantitative estimate of drug-likeness (QED) is 0.898. The van der Waals surface area contributed by atoms with Gasteiger partial charge in [0.2, 0.25) is 0 Å². The molecule has 0 aliphatic carbocycles. The largest absolute Gasteiger partial charge is 0.497 e. The Morgan fingerprint density at radius 2 is 2.10 bits per heavy atom. The van der Waals surface area contributed by atoms with Crippen LogP contribution in [0.4, 0.5) is 0 Å². The maximum atomic E-state index is 12.4. The van der Waals surface area contributed by atoms with Gasteiger partial charge >= 0.3 is 0 Å². The SMILES string of the molecule is COc1ccc(C(=O)NC(C)c2nncn2C)c(OC)c1. The van der Waals surface area contributed by atoms with E-state index in [2.05, 4.69) is 15.5 Å². The van der Waals surface area contributed by atoms with Gasteiger partial charge < -0.3 is 19.4 Å². The second kappa shape index (κ2) is 6.25. The molecule has 0 radical (unpaired) electrons. The molecule has 1 N–H and O–H groups in total. The van der Waals surface area contributed by atoms with Gasteiger partial charge in [0.25, 0.3) is 5.91 Å². The van der Waals surface area contributed by atoms with Crippen molar-refractivity contribution in [3.8, 4) is 11.5 Å². The van der Waals surface area contributed by atoms with Gasteiger partial charge in [-0.05, 0) is 19.1 Å². The number of ether oxygens (including phenoxy) is 2. The number of carbonyl (C=O) groups is 1. The number of aryl methyl sites for hydroxylation is 1. The van der Waals surface area contributed by atoms with Crippen LogP contribution in [0.2, 0.25) is 0 Å². The van der Waals surface area contributed by atoms with Crippen LogP contribution in [0.25, 0.3) is 0 Å². The fourth-order valence-corrected chi connectivity index (χ4v) is 2.01. The minimum atomic E-state index is -0.267. The average molecular weight is 290 g/mol. The predicted molar refractivity (Wildman–Crippen MR) is 76.4 cm³/mol. The van der Waals surface area contributed by atoms with Gasteiger partial charge in [0, 0.05) is 13.1 Å². The molecule has 0 aliphatic rings. The molecule has 0 aliphatic heterocycles. The molecule has 0 spiro atoms. The Labute approximate surface area is 122 Å². The van der Waals surface area contributed by atoms with E-state index in [0.29, 0.717) is 22.9 Å². The van der Waals surface area contributed by atoms with Crippen molar-refractivity contribution < 1.29 is 14.3 Å². The molecule has 1 atom stereocenters. The normalized spacial score (nSPS) is 11.8. The van der Waals surface area contributed by atoms with E-state index in [4.69, 9.17) is 9.47 Å². The van der Waals surface area contributed by atoms with Crippen LogP contribution in [-0.4, -0.2) is 34.9 Å². The fraction of sp³-hybridized carbons (Fsp3) is 0.357. The molecule has 1 amide bonds. The van der Waals surface area contributed by atoms with E-state index in [-0.39, 0.29) is 11.9 Å². The number of benzene rings is 1. The van der Waals surface area contributed by atoms with Crippen molar-refractivity contribution in [3.63, 3.8) is 0 Å². The van der Waals surface area contributed by atoms with Crippen molar-refractivity contribution in [1.82, 2.24) is 20.1 Å². The summed E-state index contributed by atoms with van der Waals surface area (Å²) < 4.78 is 12.1. The highest BCUT2D eigenvalue weighted by Gasteiger charge is 2.18. The second-order valence-corrected chi connectivity index (χ2v) is 4.56. The third-order valence-electron chi connectivity index (χ3n) is 3.13. The molecule has 0 bridgehead atoms. The molecule has 0 saturated carbocycles. The molecule has 2 aromatic rings. The Morgan fingerprint density at radius 3 is 2.67 bits per heavy atom. The minimum absolute atomic E-state index is 0.245. The Bertz CT molecular complexity index is 639. The van der Waals surface area contributed by atoms with E-state index >= 15 is 0 Å². The highest BCUT2D eigenvalue weighted by atomic mass is 16.5. The number of methoxy groups -OCH3 is 2. The van der Waals surface area contributed by atoms with Crippen molar-refractivity contribution in [2.75, 3.05) is 14.2 Å². The van der Waals surface area contributed by atoms with E-state index in [0.717, 1.165) is 0 Å². The smallest absolute Gasteiger partial charge is 0.255 e. The van der Waals surface area contributed by atoms with E-state index in [1.165, 1.54) is 7.11 Å². The van der Waals surface area contributed by atoms with Gasteiger partial charge in [-0.15, -0.1) is 10.2 Å². The van der Waals surface area contributed by atoms with Crippen LogP contribution in [0.15, 0.2) is 24.5 Å². The molecular formula is C14H18N4O3. The molecule has 1 aromatic carbocycles. The van der Waals surface area contributed by atoms with Crippen molar-refractivity contribution >= 4 is 5.91 Å². The maximum Gasteiger partial charge on any atom is 0.255 e. The van der Waals surface area contributed by atoms with Crippen molar-refractivity contribution in [1.29, 1.82) is 0 Å². The van der Waals surface area contributed by atoms with Crippen LogP contribution in [0.3, 0.4) is 0 Å². The lowest BCUT2D eigenvalue weighted by Gasteiger charge is -2.15. The Morgan fingerprint density at radius 1 is 1.33 bits per heavy atom. The first-order chi connectivity index (χ1) is 10.1. The standard InChI is InChI=1S/C14H18N4O3/c1-9(13-17-15-8-18(13)2)16-14(19)11-6-5-10(20-3)7-12(11)21-4/h5-9H,1-4H3,(H,16,19). The zero-order valence-electron chi connectivity index (χ0n) is 12.5. The van der Waals surface area contributed by atoms with Crippen LogP contribution in [0.5, 0.6) is 11.5 Å². The van der Waals surface area contributed by atoms with E-state index in [1.807, 2.05) is 14.0 Å². The first kappa shape index (κ1) is 14.8. The van der Waals surface area contributed by atoms with Crippen LogP contribution in [0.1, 0.15) is 29.1 Å². The summed E-state index contributed by atoms with van der Waals surface area (Å²) in [6.07, 6.45) is 1.59. The zero-order valence-corrected chi connectivity index (χ0v) is 12.5. The number of amides is 1. The number of hydrogen-bond acceptors (Lipinski definition) is 5. The summed E-state index contributed by atoms with van der Waals surface area (Å²) in [5.74, 6) is 1.52. The van der Waals surface area contributed by atoms with Crippen LogP contribution < -0.4 is 14.8 Å².